The quantitative estimate of drug-likeness (QED) is 0.726. The van der Waals surface area contributed by atoms with Gasteiger partial charge < -0.3 is 9.88 Å². The molecule has 0 spiro atoms. The van der Waals surface area contributed by atoms with Crippen LogP contribution < -0.4 is 5.32 Å². The van der Waals surface area contributed by atoms with Gasteiger partial charge in [0.25, 0.3) is 0 Å². The molecule has 0 bridgehead atoms. The third-order valence-electron chi connectivity index (χ3n) is 4.23. The molecule has 1 atom stereocenters. The van der Waals surface area contributed by atoms with Gasteiger partial charge in [-0.3, -0.25) is 4.79 Å². The number of carbonyl (C=O) groups excluding carboxylic acids is 1. The molecule has 26 heavy (non-hydrogen) atoms. The van der Waals surface area contributed by atoms with Crippen molar-refractivity contribution in [3.63, 3.8) is 0 Å². The monoisotopic (exact) mass is 391 g/mol. The van der Waals surface area contributed by atoms with Crippen LogP contribution in [0.3, 0.4) is 0 Å². The van der Waals surface area contributed by atoms with Crippen LogP contribution in [0.2, 0.25) is 5.02 Å². The van der Waals surface area contributed by atoms with Crippen molar-refractivity contribution in [1.82, 2.24) is 20.1 Å². The van der Waals surface area contributed by atoms with Crippen LogP contribution in [0.25, 0.3) is 11.4 Å². The van der Waals surface area contributed by atoms with Crippen LogP contribution in [0.5, 0.6) is 0 Å². The number of nitrogens with one attached hydrogen (secondary N) is 1. The van der Waals surface area contributed by atoms with E-state index >= 15 is 0 Å². The van der Waals surface area contributed by atoms with E-state index in [9.17, 15) is 10.1 Å². The summed E-state index contributed by atoms with van der Waals surface area (Å²) in [6.07, 6.45) is 0. The molecule has 0 aliphatic heterocycles. The predicted molar refractivity (Wildman–Crippen MR) is 104 cm³/mol. The number of rotatable bonds is 7. The maximum absolute atomic E-state index is 12.3. The summed E-state index contributed by atoms with van der Waals surface area (Å²) in [5, 5.41) is 21.8. The molecule has 1 heterocycles. The van der Waals surface area contributed by atoms with E-state index in [1.54, 1.807) is 13.0 Å². The second-order valence-corrected chi connectivity index (χ2v) is 7.75. The number of nitrogens with zero attached hydrogens (tertiary/aromatic N) is 4. The molecule has 2 rings (SSSR count). The first kappa shape index (κ1) is 20.3. The molecule has 2 aromatic rings. The summed E-state index contributed by atoms with van der Waals surface area (Å²) in [4.78, 5) is 12.3. The van der Waals surface area contributed by atoms with Crippen LogP contribution >= 0.6 is 23.4 Å². The lowest BCUT2D eigenvalue weighted by molar-refractivity contribution is -0.120. The largest absolute Gasteiger partial charge is 0.337 e. The van der Waals surface area contributed by atoms with Gasteiger partial charge in [0.2, 0.25) is 5.91 Å². The Morgan fingerprint density at radius 2 is 2.19 bits per heavy atom. The average Bonchev–Trinajstić information content (AvgIpc) is 3.02. The van der Waals surface area contributed by atoms with Crippen molar-refractivity contribution in [2.24, 2.45) is 5.92 Å². The van der Waals surface area contributed by atoms with E-state index < -0.39 is 5.54 Å². The standard InChI is InChI=1S/C18H22ClN5OS/c1-5-24-16(13-7-6-8-14(19)9-13)22-23-17(24)26-10-15(25)21-18(4,11-20)12(2)3/h6-9,12H,5,10H2,1-4H3,(H,21,25)/t18-/m1/s1. The molecule has 0 aliphatic carbocycles. The fourth-order valence-corrected chi connectivity index (χ4v) is 3.27. The van der Waals surface area contributed by atoms with Gasteiger partial charge in [0.05, 0.1) is 11.8 Å². The summed E-state index contributed by atoms with van der Waals surface area (Å²) in [5.74, 6) is 0.678. The third-order valence-corrected chi connectivity index (χ3v) is 5.44. The van der Waals surface area contributed by atoms with E-state index in [4.69, 9.17) is 11.6 Å². The third kappa shape index (κ3) is 4.57. The van der Waals surface area contributed by atoms with Crippen molar-refractivity contribution in [3.05, 3.63) is 29.3 Å². The van der Waals surface area contributed by atoms with Crippen LogP contribution in [0, 0.1) is 17.2 Å². The maximum Gasteiger partial charge on any atom is 0.231 e. The summed E-state index contributed by atoms with van der Waals surface area (Å²) in [6, 6.07) is 9.59. The minimum atomic E-state index is -0.887. The molecule has 1 aromatic carbocycles. The summed E-state index contributed by atoms with van der Waals surface area (Å²) >= 11 is 7.36. The van der Waals surface area contributed by atoms with Gasteiger partial charge >= 0.3 is 0 Å². The molecule has 6 nitrogen and oxygen atoms in total. The molecule has 0 radical (unpaired) electrons. The van der Waals surface area contributed by atoms with Crippen LogP contribution in [0.1, 0.15) is 27.7 Å². The molecule has 1 aromatic heterocycles. The van der Waals surface area contributed by atoms with Gasteiger partial charge in [0.1, 0.15) is 5.54 Å². The van der Waals surface area contributed by atoms with Crippen LogP contribution in [0.4, 0.5) is 0 Å². The number of nitriles is 1. The Kier molecular flexibility index (Phi) is 6.68. The molecular weight excluding hydrogens is 370 g/mol. The van der Waals surface area contributed by atoms with Crippen LogP contribution in [-0.2, 0) is 11.3 Å². The molecule has 0 unspecified atom stereocenters. The van der Waals surface area contributed by atoms with Gasteiger partial charge in [-0.1, -0.05) is 49.3 Å². The van der Waals surface area contributed by atoms with E-state index in [-0.39, 0.29) is 17.6 Å². The van der Waals surface area contributed by atoms with Gasteiger partial charge in [0, 0.05) is 17.1 Å². The number of hydrogen-bond acceptors (Lipinski definition) is 5. The highest BCUT2D eigenvalue weighted by Gasteiger charge is 2.30. The number of benzene rings is 1. The summed E-state index contributed by atoms with van der Waals surface area (Å²) in [5.41, 5.74) is -0.0119. The molecule has 8 heteroatoms. The average molecular weight is 392 g/mol. The molecule has 0 saturated heterocycles. The summed E-state index contributed by atoms with van der Waals surface area (Å²) < 4.78 is 1.94. The van der Waals surface area contributed by atoms with Gasteiger partial charge in [-0.15, -0.1) is 10.2 Å². The van der Waals surface area contributed by atoms with Crippen molar-refractivity contribution in [2.75, 3.05) is 5.75 Å². The van der Waals surface area contributed by atoms with Crippen LogP contribution in [-0.4, -0.2) is 32.0 Å². The first-order valence-corrected chi connectivity index (χ1v) is 9.71. The van der Waals surface area contributed by atoms with E-state index in [1.807, 2.05) is 43.5 Å². The Bertz CT molecular complexity index is 829. The second kappa shape index (κ2) is 8.56. The van der Waals surface area contributed by atoms with Gasteiger partial charge in [-0.25, -0.2) is 0 Å². The molecule has 138 valence electrons. The van der Waals surface area contributed by atoms with Crippen molar-refractivity contribution in [1.29, 1.82) is 5.26 Å². The van der Waals surface area contributed by atoms with E-state index in [1.165, 1.54) is 11.8 Å². The second-order valence-electron chi connectivity index (χ2n) is 6.37. The fourth-order valence-electron chi connectivity index (χ4n) is 2.28. The van der Waals surface area contributed by atoms with Crippen molar-refractivity contribution < 1.29 is 4.79 Å². The highest BCUT2D eigenvalue weighted by atomic mass is 35.5. The topological polar surface area (TPSA) is 83.6 Å². The Balaban J connectivity index is 2.12. The zero-order chi connectivity index (χ0) is 19.3. The SMILES string of the molecule is CCn1c(SCC(=O)N[C@](C)(C#N)C(C)C)nnc1-c1cccc(Cl)c1. The number of hydrogen-bond donors (Lipinski definition) is 1. The molecule has 0 saturated carbocycles. The van der Waals surface area contributed by atoms with Crippen molar-refractivity contribution in [3.8, 4) is 17.5 Å². The Hall–Kier alpha value is -2.04. The summed E-state index contributed by atoms with van der Waals surface area (Å²) in [6.45, 7) is 8.20. The Labute approximate surface area is 162 Å². The first-order valence-electron chi connectivity index (χ1n) is 8.35. The maximum atomic E-state index is 12.3. The number of halogens is 1. The molecule has 1 N–H and O–H groups in total. The van der Waals surface area contributed by atoms with Gasteiger partial charge in [-0.2, -0.15) is 5.26 Å². The highest BCUT2D eigenvalue weighted by Crippen LogP contribution is 2.26. The first-order chi connectivity index (χ1) is 12.3. The molecular formula is C18H22ClN5OS. The zero-order valence-corrected chi connectivity index (χ0v) is 16.9. The predicted octanol–water partition coefficient (Wildman–Crippen LogP) is 3.76. The van der Waals surface area contributed by atoms with E-state index in [0.717, 1.165) is 5.56 Å². The normalized spacial score (nSPS) is 13.3. The lowest BCUT2D eigenvalue weighted by atomic mass is 9.90. The lowest BCUT2D eigenvalue weighted by Crippen LogP contribution is -2.49. The number of amides is 1. The van der Waals surface area contributed by atoms with Gasteiger partial charge in [-0.05, 0) is 31.9 Å². The van der Waals surface area contributed by atoms with E-state index in [0.29, 0.717) is 22.5 Å². The van der Waals surface area contributed by atoms with Gasteiger partial charge in [0.15, 0.2) is 11.0 Å². The lowest BCUT2D eigenvalue weighted by Gasteiger charge is -2.27. The minimum absolute atomic E-state index is 0.00942. The zero-order valence-electron chi connectivity index (χ0n) is 15.3. The highest BCUT2D eigenvalue weighted by molar-refractivity contribution is 7.99. The Morgan fingerprint density at radius 1 is 1.46 bits per heavy atom. The van der Waals surface area contributed by atoms with E-state index in [2.05, 4.69) is 21.6 Å². The van der Waals surface area contributed by atoms with Crippen LogP contribution in [0.15, 0.2) is 29.4 Å². The fraction of sp³-hybridized carbons (Fsp3) is 0.444. The Morgan fingerprint density at radius 3 is 2.77 bits per heavy atom. The summed E-state index contributed by atoms with van der Waals surface area (Å²) in [7, 11) is 0. The minimum Gasteiger partial charge on any atom is -0.337 e. The molecule has 1 amide bonds. The van der Waals surface area contributed by atoms with Crippen molar-refractivity contribution in [2.45, 2.75) is 44.9 Å². The number of thioether (sulfide) groups is 1. The number of carbonyl (C=O) groups is 1. The number of aromatic nitrogens is 3. The smallest absolute Gasteiger partial charge is 0.231 e. The van der Waals surface area contributed by atoms with Crippen molar-refractivity contribution >= 4 is 29.3 Å². The molecule has 0 aliphatic rings. The molecule has 0 fully saturated rings.